The van der Waals surface area contributed by atoms with Crippen molar-refractivity contribution in [2.75, 3.05) is 36.0 Å². The molecule has 0 aliphatic rings. The Bertz CT molecular complexity index is 1360. The van der Waals surface area contributed by atoms with E-state index in [1.54, 1.807) is 0 Å². The van der Waals surface area contributed by atoms with E-state index >= 15 is 0 Å². The van der Waals surface area contributed by atoms with Crippen LogP contribution in [0.5, 0.6) is 0 Å². The molecule has 0 amide bonds. The number of nitrogens with zero attached hydrogens (tertiary/aromatic N) is 2. The van der Waals surface area contributed by atoms with Crippen molar-refractivity contribution in [3.8, 4) is 0 Å². The minimum Gasteiger partial charge on any atom is -0.372 e. The van der Waals surface area contributed by atoms with Gasteiger partial charge in [0.05, 0.1) is 9.79 Å². The Morgan fingerprint density at radius 2 is 1.00 bits per heavy atom. The summed E-state index contributed by atoms with van der Waals surface area (Å²) in [4.78, 5) is 3.45. The molecule has 0 saturated carbocycles. The quantitative estimate of drug-likeness (QED) is 0.209. The normalized spacial score (nSPS) is 11.6. The summed E-state index contributed by atoms with van der Waals surface area (Å²) < 4.78 is 68.3. The summed E-state index contributed by atoms with van der Waals surface area (Å²) in [6.07, 6.45) is 0. The minimum atomic E-state index is -4.71. The first-order valence-electron chi connectivity index (χ1n) is 13.2. The largest absolute Gasteiger partial charge is 0.372 e. The zero-order valence-corrected chi connectivity index (χ0v) is 25.1. The smallest absolute Gasteiger partial charge is 0.294 e. The van der Waals surface area contributed by atoms with E-state index in [2.05, 4.69) is 37.5 Å². The first-order valence-corrected chi connectivity index (χ1v) is 16.1. The van der Waals surface area contributed by atoms with Crippen molar-refractivity contribution in [2.24, 2.45) is 0 Å². The van der Waals surface area contributed by atoms with Gasteiger partial charge < -0.3 is 9.80 Å². The second kappa shape index (κ2) is 13.9. The third kappa shape index (κ3) is 7.82. The lowest BCUT2D eigenvalue weighted by atomic mass is 9.85. The fourth-order valence-corrected chi connectivity index (χ4v) is 5.86. The van der Waals surface area contributed by atoms with Crippen LogP contribution in [0.4, 0.5) is 11.4 Å². The maximum atomic E-state index is 12.4. The van der Waals surface area contributed by atoms with Gasteiger partial charge in [-0.1, -0.05) is 38.1 Å². The van der Waals surface area contributed by atoms with E-state index in [0.717, 1.165) is 55.8 Å². The standard InChI is InChI=1S/C27H34N2O6S2.C2H6/c1-5-28(6-2)22-13-9-20(10-14-22)27(21-11-15-23(16-12-21)29(7-3)8-4)25-19-24(36(30,31)32)17-18-26(25)37(33,34)35;1-2/h9-19,27H,5-8H2,1-4H3,(H,30,31,32)(H,33,34,35);1-2H3. The van der Waals surface area contributed by atoms with Crippen LogP contribution in [0.3, 0.4) is 0 Å². The van der Waals surface area contributed by atoms with Crippen molar-refractivity contribution in [1.82, 2.24) is 0 Å². The van der Waals surface area contributed by atoms with Gasteiger partial charge >= 0.3 is 0 Å². The molecule has 0 bridgehead atoms. The van der Waals surface area contributed by atoms with Crippen molar-refractivity contribution in [3.63, 3.8) is 0 Å². The molecule has 0 spiro atoms. The highest BCUT2D eigenvalue weighted by atomic mass is 32.2. The first-order chi connectivity index (χ1) is 18.4. The van der Waals surface area contributed by atoms with E-state index in [0.29, 0.717) is 11.1 Å². The molecule has 0 radical (unpaired) electrons. The topological polar surface area (TPSA) is 115 Å². The maximum absolute atomic E-state index is 12.4. The van der Waals surface area contributed by atoms with Crippen LogP contribution in [0.2, 0.25) is 0 Å². The third-order valence-electron chi connectivity index (χ3n) is 6.58. The molecule has 214 valence electrons. The molecule has 10 heteroatoms. The van der Waals surface area contributed by atoms with E-state index in [-0.39, 0.29) is 5.56 Å². The van der Waals surface area contributed by atoms with Gasteiger partial charge in [0.1, 0.15) is 0 Å². The van der Waals surface area contributed by atoms with Gasteiger partial charge in [0.25, 0.3) is 20.2 Å². The second-order valence-corrected chi connectivity index (χ2v) is 11.4. The maximum Gasteiger partial charge on any atom is 0.294 e. The lowest BCUT2D eigenvalue weighted by Crippen LogP contribution is -2.22. The average Bonchev–Trinajstić information content (AvgIpc) is 2.92. The lowest BCUT2D eigenvalue weighted by Gasteiger charge is -2.25. The molecule has 3 aromatic rings. The van der Waals surface area contributed by atoms with Crippen molar-refractivity contribution in [3.05, 3.63) is 83.4 Å². The molecule has 3 rings (SSSR count). The predicted octanol–water partition coefficient (Wildman–Crippen LogP) is 6.08. The summed E-state index contributed by atoms with van der Waals surface area (Å²) in [7, 11) is -9.33. The Hall–Kier alpha value is -2.92. The SMILES string of the molecule is CC.CCN(CC)c1ccc(C(c2ccc(N(CC)CC)cc2)c2cc(S(=O)(=O)O)ccc2S(=O)(=O)O)cc1. The average molecular weight is 577 g/mol. The Kier molecular flexibility index (Phi) is 11.5. The van der Waals surface area contributed by atoms with Gasteiger partial charge in [-0.3, -0.25) is 9.11 Å². The van der Waals surface area contributed by atoms with Gasteiger partial charge in [-0.2, -0.15) is 16.8 Å². The predicted molar refractivity (Wildman–Crippen MR) is 158 cm³/mol. The summed E-state index contributed by atoms with van der Waals surface area (Å²) in [5, 5.41) is 0. The Morgan fingerprint density at radius 3 is 1.31 bits per heavy atom. The fourth-order valence-electron chi connectivity index (χ4n) is 4.63. The molecule has 39 heavy (non-hydrogen) atoms. The van der Waals surface area contributed by atoms with Crippen LogP contribution in [-0.2, 0) is 20.2 Å². The molecule has 3 aromatic carbocycles. The van der Waals surface area contributed by atoms with Crippen LogP contribution >= 0.6 is 0 Å². The molecule has 0 aliphatic heterocycles. The molecule has 0 aliphatic carbocycles. The number of anilines is 2. The molecule has 0 heterocycles. The van der Waals surface area contributed by atoms with E-state index in [1.165, 1.54) is 0 Å². The van der Waals surface area contributed by atoms with Crippen LogP contribution in [0.15, 0.2) is 76.5 Å². The Labute approximate surface area is 233 Å². The first kappa shape index (κ1) is 32.3. The summed E-state index contributed by atoms with van der Waals surface area (Å²) in [6.45, 7) is 15.5. The third-order valence-corrected chi connectivity index (χ3v) is 8.36. The van der Waals surface area contributed by atoms with E-state index in [1.807, 2.05) is 62.4 Å². The van der Waals surface area contributed by atoms with Crippen molar-refractivity contribution >= 4 is 31.6 Å². The zero-order valence-electron chi connectivity index (χ0n) is 23.5. The highest BCUT2D eigenvalue weighted by Crippen LogP contribution is 2.38. The van der Waals surface area contributed by atoms with Crippen molar-refractivity contribution < 1.29 is 25.9 Å². The summed E-state index contributed by atoms with van der Waals surface area (Å²) >= 11 is 0. The Balaban J connectivity index is 0.00000260. The Morgan fingerprint density at radius 1 is 0.615 bits per heavy atom. The van der Waals surface area contributed by atoms with Crippen LogP contribution < -0.4 is 9.80 Å². The van der Waals surface area contributed by atoms with Crippen LogP contribution in [0.25, 0.3) is 0 Å². The molecule has 0 saturated heterocycles. The van der Waals surface area contributed by atoms with Crippen LogP contribution in [0.1, 0.15) is 64.2 Å². The van der Waals surface area contributed by atoms with Crippen molar-refractivity contribution in [2.45, 2.75) is 57.3 Å². The molecule has 0 fully saturated rings. The fraction of sp³-hybridized carbons (Fsp3) is 0.379. The van der Waals surface area contributed by atoms with E-state index in [4.69, 9.17) is 0 Å². The molecule has 0 unspecified atom stereocenters. The number of hydrogen-bond donors (Lipinski definition) is 2. The molecular formula is C29H40N2O6S2. The molecule has 0 aromatic heterocycles. The second-order valence-electron chi connectivity index (χ2n) is 8.61. The van der Waals surface area contributed by atoms with Gasteiger partial charge in [-0.05, 0) is 86.8 Å². The van der Waals surface area contributed by atoms with Gasteiger partial charge in [0.2, 0.25) is 0 Å². The van der Waals surface area contributed by atoms with Gasteiger partial charge in [0.15, 0.2) is 0 Å². The molecule has 2 N–H and O–H groups in total. The highest BCUT2D eigenvalue weighted by Gasteiger charge is 2.27. The van der Waals surface area contributed by atoms with Gasteiger partial charge in [0, 0.05) is 43.5 Å². The van der Waals surface area contributed by atoms with Crippen LogP contribution in [-0.4, -0.2) is 52.1 Å². The summed E-state index contributed by atoms with van der Waals surface area (Å²) in [5.74, 6) is -0.741. The number of hydrogen-bond acceptors (Lipinski definition) is 6. The zero-order chi connectivity index (χ0) is 29.4. The number of benzene rings is 3. The minimum absolute atomic E-state index is 0.0452. The van der Waals surface area contributed by atoms with Crippen LogP contribution in [0, 0.1) is 0 Å². The molecule has 0 atom stereocenters. The van der Waals surface area contributed by atoms with Gasteiger partial charge in [-0.15, -0.1) is 0 Å². The van der Waals surface area contributed by atoms with E-state index in [9.17, 15) is 25.9 Å². The molecular weight excluding hydrogens is 536 g/mol. The summed E-state index contributed by atoms with van der Waals surface area (Å²) in [6, 6.07) is 18.3. The lowest BCUT2D eigenvalue weighted by molar-refractivity contribution is 0.477. The van der Waals surface area contributed by atoms with E-state index < -0.39 is 35.9 Å². The van der Waals surface area contributed by atoms with Gasteiger partial charge in [-0.25, -0.2) is 0 Å². The highest BCUT2D eigenvalue weighted by molar-refractivity contribution is 7.86. The number of rotatable bonds is 11. The monoisotopic (exact) mass is 576 g/mol. The van der Waals surface area contributed by atoms with Crippen molar-refractivity contribution in [1.29, 1.82) is 0 Å². The summed E-state index contributed by atoms with van der Waals surface area (Å²) in [5.41, 5.74) is 3.42. The molecule has 8 nitrogen and oxygen atoms in total.